The Hall–Kier alpha value is -1.66. The molecular weight excluding hydrogens is 368 g/mol. The van der Waals surface area contributed by atoms with E-state index in [1.807, 2.05) is 42.3 Å². The largest absolute Gasteiger partial charge is 0.338 e. The van der Waals surface area contributed by atoms with Gasteiger partial charge in [0, 0.05) is 29.8 Å². The number of hydrogen-bond donors (Lipinski definition) is 1. The average molecular weight is 389 g/mol. The highest BCUT2D eigenvalue weighted by atomic mass is 79.9. The number of carbonyl (C=O) groups is 1. The van der Waals surface area contributed by atoms with Crippen LogP contribution in [-0.2, 0) is 0 Å². The van der Waals surface area contributed by atoms with Crippen LogP contribution in [0.1, 0.15) is 28.9 Å². The number of aryl methyl sites for hydroxylation is 1. The van der Waals surface area contributed by atoms with Gasteiger partial charge in [0.1, 0.15) is 0 Å². The number of halogens is 1. The Morgan fingerprint density at radius 2 is 2.00 bits per heavy atom. The maximum absolute atomic E-state index is 12.9. The van der Waals surface area contributed by atoms with Gasteiger partial charge >= 0.3 is 0 Å². The van der Waals surface area contributed by atoms with E-state index >= 15 is 0 Å². The van der Waals surface area contributed by atoms with Crippen LogP contribution in [0.5, 0.6) is 0 Å². The van der Waals surface area contributed by atoms with E-state index in [2.05, 4.69) is 21.0 Å². The molecule has 3 atom stereocenters. The molecule has 2 N–H and O–H groups in total. The monoisotopic (exact) mass is 388 g/mol. The predicted octanol–water partition coefficient (Wildman–Crippen LogP) is 2.75. The van der Waals surface area contributed by atoms with E-state index in [4.69, 9.17) is 5.73 Å². The number of rotatable bonds is 2. The quantitative estimate of drug-likeness (QED) is 0.859. The third kappa shape index (κ3) is 2.67. The summed E-state index contributed by atoms with van der Waals surface area (Å²) in [7, 11) is 0. The molecule has 0 bridgehead atoms. The first-order valence-electron chi connectivity index (χ1n) is 8.40. The van der Waals surface area contributed by atoms with Crippen molar-refractivity contribution in [2.75, 3.05) is 13.1 Å². The van der Waals surface area contributed by atoms with Crippen LogP contribution in [0.25, 0.3) is 5.69 Å². The highest BCUT2D eigenvalue weighted by Crippen LogP contribution is 2.37. The van der Waals surface area contributed by atoms with Crippen molar-refractivity contribution < 1.29 is 4.79 Å². The summed E-state index contributed by atoms with van der Waals surface area (Å²) in [5, 5.41) is 4.52. The van der Waals surface area contributed by atoms with E-state index in [0.717, 1.165) is 41.8 Å². The molecule has 2 heterocycles. The molecule has 0 spiro atoms. The molecule has 5 nitrogen and oxygen atoms in total. The molecule has 4 rings (SSSR count). The molecule has 1 saturated carbocycles. The number of likely N-dealkylation sites (tertiary alicyclic amines) is 1. The average Bonchev–Trinajstić information content (AvgIpc) is 3.24. The second-order valence-corrected chi connectivity index (χ2v) is 7.84. The summed E-state index contributed by atoms with van der Waals surface area (Å²) in [6.07, 6.45) is 4.08. The molecule has 2 fully saturated rings. The molecule has 3 unspecified atom stereocenters. The number of hydrogen-bond acceptors (Lipinski definition) is 3. The van der Waals surface area contributed by atoms with Gasteiger partial charge in [-0.05, 0) is 55.9 Å². The van der Waals surface area contributed by atoms with E-state index < -0.39 is 0 Å². The van der Waals surface area contributed by atoms with Crippen LogP contribution < -0.4 is 5.73 Å². The smallest absolute Gasteiger partial charge is 0.257 e. The highest BCUT2D eigenvalue weighted by Gasteiger charge is 2.42. The summed E-state index contributed by atoms with van der Waals surface area (Å²) in [6.45, 7) is 3.51. The molecule has 1 aliphatic carbocycles. The predicted molar refractivity (Wildman–Crippen MR) is 96.1 cm³/mol. The summed E-state index contributed by atoms with van der Waals surface area (Å²) < 4.78 is 2.80. The van der Waals surface area contributed by atoms with Gasteiger partial charge in [0.2, 0.25) is 0 Å². The number of benzene rings is 1. The summed E-state index contributed by atoms with van der Waals surface area (Å²) >= 11 is 3.43. The first-order valence-corrected chi connectivity index (χ1v) is 9.19. The van der Waals surface area contributed by atoms with Gasteiger partial charge in [-0.2, -0.15) is 5.10 Å². The SMILES string of the molecule is Cc1nn(-c2ccc(Br)cc2)cc1C(=O)N1CC2CCC(N)C2C1. The van der Waals surface area contributed by atoms with Crippen molar-refractivity contribution in [3.8, 4) is 5.69 Å². The van der Waals surface area contributed by atoms with Gasteiger partial charge < -0.3 is 10.6 Å². The number of amides is 1. The lowest BCUT2D eigenvalue weighted by Gasteiger charge is -2.18. The van der Waals surface area contributed by atoms with Crippen molar-refractivity contribution in [3.05, 3.63) is 46.2 Å². The minimum Gasteiger partial charge on any atom is -0.338 e. The third-order valence-corrected chi connectivity index (χ3v) is 5.95. The Kier molecular flexibility index (Phi) is 3.96. The van der Waals surface area contributed by atoms with Crippen molar-refractivity contribution in [2.24, 2.45) is 17.6 Å². The van der Waals surface area contributed by atoms with E-state index in [1.165, 1.54) is 0 Å². The van der Waals surface area contributed by atoms with Crippen molar-refractivity contribution in [1.82, 2.24) is 14.7 Å². The number of nitrogens with two attached hydrogens (primary N) is 1. The Balaban J connectivity index is 1.56. The molecule has 2 aromatic rings. The van der Waals surface area contributed by atoms with E-state index in [-0.39, 0.29) is 11.9 Å². The van der Waals surface area contributed by atoms with Gasteiger partial charge in [-0.15, -0.1) is 0 Å². The Labute approximate surface area is 149 Å². The van der Waals surface area contributed by atoms with Crippen LogP contribution in [0.3, 0.4) is 0 Å². The molecule has 6 heteroatoms. The van der Waals surface area contributed by atoms with Crippen molar-refractivity contribution >= 4 is 21.8 Å². The van der Waals surface area contributed by atoms with E-state index in [1.54, 1.807) is 4.68 Å². The number of carbonyl (C=O) groups excluding carboxylic acids is 1. The standard InChI is InChI=1S/C18H21BrN4O/c1-11-15(10-23(21-11)14-5-3-13(19)4-6-14)18(24)22-8-12-2-7-17(20)16(12)9-22/h3-6,10,12,16-17H,2,7-9,20H2,1H3. The minimum atomic E-state index is 0.0810. The molecule has 1 aliphatic heterocycles. The van der Waals surface area contributed by atoms with Gasteiger partial charge in [0.05, 0.1) is 16.9 Å². The molecular formula is C18H21BrN4O. The van der Waals surface area contributed by atoms with Gasteiger partial charge in [-0.1, -0.05) is 15.9 Å². The lowest BCUT2D eigenvalue weighted by Crippen LogP contribution is -2.33. The number of nitrogens with zero attached hydrogens (tertiary/aromatic N) is 3. The van der Waals surface area contributed by atoms with Crippen LogP contribution in [0.2, 0.25) is 0 Å². The topological polar surface area (TPSA) is 64.2 Å². The lowest BCUT2D eigenvalue weighted by molar-refractivity contribution is 0.0779. The lowest BCUT2D eigenvalue weighted by atomic mass is 9.98. The summed E-state index contributed by atoms with van der Waals surface area (Å²) in [5.74, 6) is 1.12. The first kappa shape index (κ1) is 15.8. The van der Waals surface area contributed by atoms with Gasteiger partial charge in [0.15, 0.2) is 0 Å². The maximum atomic E-state index is 12.9. The van der Waals surface area contributed by atoms with Crippen LogP contribution in [0, 0.1) is 18.8 Å². The Morgan fingerprint density at radius 1 is 1.25 bits per heavy atom. The zero-order valence-electron chi connectivity index (χ0n) is 13.7. The first-order chi connectivity index (χ1) is 11.5. The summed E-state index contributed by atoms with van der Waals surface area (Å²) in [6, 6.07) is 8.14. The molecule has 1 aromatic heterocycles. The Morgan fingerprint density at radius 3 is 2.71 bits per heavy atom. The van der Waals surface area contributed by atoms with Crippen LogP contribution in [0.4, 0.5) is 0 Å². The second-order valence-electron chi connectivity index (χ2n) is 6.92. The fraction of sp³-hybridized carbons (Fsp3) is 0.444. The summed E-state index contributed by atoms with van der Waals surface area (Å²) in [5.41, 5.74) is 8.58. The van der Waals surface area contributed by atoms with Crippen LogP contribution >= 0.6 is 15.9 Å². The van der Waals surface area contributed by atoms with Crippen LogP contribution in [0.15, 0.2) is 34.9 Å². The van der Waals surface area contributed by atoms with E-state index in [9.17, 15) is 4.79 Å². The fourth-order valence-electron chi connectivity index (χ4n) is 4.04. The fourth-order valence-corrected chi connectivity index (χ4v) is 4.30. The summed E-state index contributed by atoms with van der Waals surface area (Å²) in [4.78, 5) is 14.9. The molecule has 0 radical (unpaired) electrons. The number of aromatic nitrogens is 2. The molecule has 2 aliphatic rings. The Bertz CT molecular complexity index is 770. The van der Waals surface area contributed by atoms with E-state index in [0.29, 0.717) is 17.4 Å². The maximum Gasteiger partial charge on any atom is 0.257 e. The van der Waals surface area contributed by atoms with Gasteiger partial charge in [-0.3, -0.25) is 4.79 Å². The molecule has 24 heavy (non-hydrogen) atoms. The molecule has 1 aromatic carbocycles. The van der Waals surface area contributed by atoms with Gasteiger partial charge in [-0.25, -0.2) is 4.68 Å². The highest BCUT2D eigenvalue weighted by molar-refractivity contribution is 9.10. The number of fused-ring (bicyclic) bond motifs is 1. The van der Waals surface area contributed by atoms with Crippen molar-refractivity contribution in [3.63, 3.8) is 0 Å². The van der Waals surface area contributed by atoms with Crippen molar-refractivity contribution in [1.29, 1.82) is 0 Å². The van der Waals surface area contributed by atoms with Crippen LogP contribution in [-0.4, -0.2) is 39.7 Å². The zero-order chi connectivity index (χ0) is 16.8. The van der Waals surface area contributed by atoms with Gasteiger partial charge in [0.25, 0.3) is 5.91 Å². The normalized spacial score (nSPS) is 26.0. The third-order valence-electron chi connectivity index (χ3n) is 5.42. The molecule has 1 saturated heterocycles. The zero-order valence-corrected chi connectivity index (χ0v) is 15.2. The van der Waals surface area contributed by atoms with Crippen molar-refractivity contribution in [2.45, 2.75) is 25.8 Å². The minimum absolute atomic E-state index is 0.0810. The second kappa shape index (κ2) is 6.01. The molecule has 126 valence electrons. The molecule has 1 amide bonds.